The molecule has 26 heavy (non-hydrogen) atoms. The fourth-order valence-electron chi connectivity index (χ4n) is 1.96. The minimum Gasteiger partial charge on any atom is -0.382 e. The van der Waals surface area contributed by atoms with Crippen molar-refractivity contribution in [3.63, 3.8) is 0 Å². The number of hydrogen-bond acceptors (Lipinski definition) is 4. The highest BCUT2D eigenvalue weighted by molar-refractivity contribution is 7.87. The molecule has 2 aromatic rings. The summed E-state index contributed by atoms with van der Waals surface area (Å²) < 4.78 is 102. The van der Waals surface area contributed by atoms with Crippen LogP contribution in [0.1, 0.15) is 18.5 Å². The molecule has 1 heterocycles. The molecule has 0 bridgehead atoms. The number of benzene rings is 1. The van der Waals surface area contributed by atoms with Crippen LogP contribution < -0.4 is 4.18 Å². The van der Waals surface area contributed by atoms with Crippen molar-refractivity contribution in [1.29, 1.82) is 0 Å². The molecular formula is C14H12F6N2O3S. The van der Waals surface area contributed by atoms with Crippen molar-refractivity contribution >= 4 is 10.1 Å². The molecule has 0 spiro atoms. The summed E-state index contributed by atoms with van der Waals surface area (Å²) in [5.74, 6) is -1.09. The van der Waals surface area contributed by atoms with E-state index in [0.29, 0.717) is 0 Å². The van der Waals surface area contributed by atoms with Gasteiger partial charge in [0.05, 0.1) is 11.4 Å². The topological polar surface area (TPSA) is 72.1 Å². The lowest BCUT2D eigenvalue weighted by atomic mass is 10.1. The minimum absolute atomic E-state index is 0.0998. The highest BCUT2D eigenvalue weighted by atomic mass is 32.2. The summed E-state index contributed by atoms with van der Waals surface area (Å²) in [6.07, 6.45) is -11.0. The first-order chi connectivity index (χ1) is 11.9. The van der Waals surface area contributed by atoms with Crippen LogP contribution in [0.5, 0.6) is 5.75 Å². The van der Waals surface area contributed by atoms with Crippen molar-refractivity contribution in [2.75, 3.05) is 5.75 Å². The second kappa shape index (κ2) is 7.17. The molecule has 0 radical (unpaired) electrons. The third-order valence-electron chi connectivity index (χ3n) is 3.09. The SMILES string of the molecule is O=S(=O)(CCCC(F)(F)F)Oc1cccc(-c2cc(C(F)(F)F)[nH]n2)c1. The molecule has 1 aromatic heterocycles. The van der Waals surface area contributed by atoms with Gasteiger partial charge in [0, 0.05) is 12.0 Å². The Hall–Kier alpha value is -2.24. The fourth-order valence-corrected chi connectivity index (χ4v) is 2.94. The summed E-state index contributed by atoms with van der Waals surface area (Å²) in [6.45, 7) is 0. The Labute approximate surface area is 144 Å². The molecule has 1 aromatic carbocycles. The van der Waals surface area contributed by atoms with Gasteiger partial charge in [-0.2, -0.15) is 39.9 Å². The third-order valence-corrected chi connectivity index (χ3v) is 4.33. The predicted molar refractivity (Wildman–Crippen MR) is 78.7 cm³/mol. The van der Waals surface area contributed by atoms with Crippen LogP contribution in [0.3, 0.4) is 0 Å². The highest BCUT2D eigenvalue weighted by Crippen LogP contribution is 2.31. The zero-order valence-electron chi connectivity index (χ0n) is 12.9. The van der Waals surface area contributed by atoms with Gasteiger partial charge in [0.15, 0.2) is 0 Å². The maximum atomic E-state index is 12.6. The monoisotopic (exact) mass is 402 g/mol. The number of rotatable bonds is 6. The van der Waals surface area contributed by atoms with Gasteiger partial charge in [-0.3, -0.25) is 5.10 Å². The van der Waals surface area contributed by atoms with Crippen LogP contribution in [0.4, 0.5) is 26.3 Å². The Morgan fingerprint density at radius 2 is 1.77 bits per heavy atom. The Kier molecular flexibility index (Phi) is 5.54. The van der Waals surface area contributed by atoms with Crippen LogP contribution in [0.2, 0.25) is 0 Å². The first-order valence-corrected chi connectivity index (χ1v) is 8.65. The Morgan fingerprint density at radius 3 is 2.35 bits per heavy atom. The van der Waals surface area contributed by atoms with Gasteiger partial charge in [-0.1, -0.05) is 12.1 Å². The van der Waals surface area contributed by atoms with Crippen molar-refractivity contribution in [3.05, 3.63) is 36.0 Å². The Bertz CT molecular complexity index is 858. The lowest BCUT2D eigenvalue weighted by Gasteiger charge is -2.09. The number of nitrogens with zero attached hydrogens (tertiary/aromatic N) is 1. The Morgan fingerprint density at radius 1 is 1.08 bits per heavy atom. The number of H-pyrrole nitrogens is 1. The summed E-state index contributed by atoms with van der Waals surface area (Å²) >= 11 is 0. The van der Waals surface area contributed by atoms with E-state index in [-0.39, 0.29) is 17.0 Å². The molecular weight excluding hydrogens is 390 g/mol. The zero-order valence-corrected chi connectivity index (χ0v) is 13.7. The van der Waals surface area contributed by atoms with Gasteiger partial charge in [0.25, 0.3) is 0 Å². The molecule has 0 aliphatic heterocycles. The molecule has 12 heteroatoms. The average Bonchev–Trinajstić information content (AvgIpc) is 2.95. The molecule has 0 fully saturated rings. The molecule has 0 aliphatic rings. The smallest absolute Gasteiger partial charge is 0.382 e. The van der Waals surface area contributed by atoms with E-state index in [2.05, 4.69) is 5.10 Å². The van der Waals surface area contributed by atoms with Crippen molar-refractivity contribution in [3.8, 4) is 17.0 Å². The van der Waals surface area contributed by atoms with Gasteiger partial charge in [-0.15, -0.1) is 0 Å². The summed E-state index contributed by atoms with van der Waals surface area (Å²) in [4.78, 5) is 0. The van der Waals surface area contributed by atoms with E-state index in [0.717, 1.165) is 12.1 Å². The van der Waals surface area contributed by atoms with Gasteiger partial charge in [-0.05, 0) is 24.6 Å². The van der Waals surface area contributed by atoms with Gasteiger partial charge >= 0.3 is 22.5 Å². The second-order valence-electron chi connectivity index (χ2n) is 5.26. The second-order valence-corrected chi connectivity index (χ2v) is 6.95. The van der Waals surface area contributed by atoms with Crippen LogP contribution in [-0.2, 0) is 16.3 Å². The molecule has 0 atom stereocenters. The summed E-state index contributed by atoms with van der Waals surface area (Å²) in [7, 11) is -4.28. The van der Waals surface area contributed by atoms with E-state index < -0.39 is 46.8 Å². The molecule has 2 rings (SSSR count). The number of aromatic amines is 1. The van der Waals surface area contributed by atoms with Crippen LogP contribution in [0.25, 0.3) is 11.3 Å². The molecule has 0 unspecified atom stereocenters. The van der Waals surface area contributed by atoms with Crippen LogP contribution in [0, 0.1) is 0 Å². The fraction of sp³-hybridized carbons (Fsp3) is 0.357. The number of nitrogens with one attached hydrogen (secondary N) is 1. The predicted octanol–water partition coefficient (Wildman–Crippen LogP) is 4.15. The first-order valence-electron chi connectivity index (χ1n) is 7.08. The number of halogens is 6. The molecule has 1 N–H and O–H groups in total. The Balaban J connectivity index is 2.10. The average molecular weight is 402 g/mol. The maximum absolute atomic E-state index is 12.6. The standard InChI is InChI=1S/C14H12F6N2O3S/c15-13(16,17)5-2-6-26(23,24)25-10-4-1-3-9(7-10)11-8-12(22-21-11)14(18,19)20/h1,3-4,7-8H,2,5-6H2,(H,21,22). The number of hydrogen-bond donors (Lipinski definition) is 1. The molecule has 0 saturated heterocycles. The summed E-state index contributed by atoms with van der Waals surface area (Å²) in [6, 6.07) is 5.76. The molecule has 0 saturated carbocycles. The van der Waals surface area contributed by atoms with Gasteiger partial charge in [-0.25, -0.2) is 0 Å². The minimum atomic E-state index is -4.62. The summed E-state index contributed by atoms with van der Waals surface area (Å²) in [5, 5.41) is 5.31. The third kappa shape index (κ3) is 5.93. The first kappa shape index (κ1) is 20.1. The van der Waals surface area contributed by atoms with Crippen LogP contribution >= 0.6 is 0 Å². The number of alkyl halides is 6. The van der Waals surface area contributed by atoms with Crippen molar-refractivity contribution in [2.45, 2.75) is 25.2 Å². The van der Waals surface area contributed by atoms with E-state index in [9.17, 15) is 34.8 Å². The van der Waals surface area contributed by atoms with Crippen molar-refractivity contribution in [2.24, 2.45) is 0 Å². The molecule has 5 nitrogen and oxygen atoms in total. The van der Waals surface area contributed by atoms with E-state index >= 15 is 0 Å². The highest BCUT2D eigenvalue weighted by Gasteiger charge is 2.33. The molecule has 144 valence electrons. The number of aromatic nitrogens is 2. The van der Waals surface area contributed by atoms with Crippen LogP contribution in [-0.4, -0.2) is 30.5 Å². The maximum Gasteiger partial charge on any atom is 0.432 e. The van der Waals surface area contributed by atoms with E-state index in [4.69, 9.17) is 4.18 Å². The van der Waals surface area contributed by atoms with E-state index in [1.807, 2.05) is 5.10 Å². The largest absolute Gasteiger partial charge is 0.432 e. The molecule has 0 aliphatic carbocycles. The summed E-state index contributed by atoms with van der Waals surface area (Å²) in [5.41, 5.74) is -1.05. The van der Waals surface area contributed by atoms with E-state index in [1.165, 1.54) is 18.2 Å². The lowest BCUT2D eigenvalue weighted by molar-refractivity contribution is -0.141. The molecule has 0 amide bonds. The zero-order chi connectivity index (χ0) is 19.6. The quantitative estimate of drug-likeness (QED) is 0.582. The normalized spacial score (nSPS) is 13.0. The van der Waals surface area contributed by atoms with E-state index in [1.54, 1.807) is 0 Å². The van der Waals surface area contributed by atoms with Gasteiger partial charge in [0.2, 0.25) is 0 Å². The van der Waals surface area contributed by atoms with Crippen molar-refractivity contribution < 1.29 is 38.9 Å². The van der Waals surface area contributed by atoms with Crippen LogP contribution in [0.15, 0.2) is 30.3 Å². The van der Waals surface area contributed by atoms with Gasteiger partial charge < -0.3 is 4.18 Å². The lowest BCUT2D eigenvalue weighted by Crippen LogP contribution is -2.16. The van der Waals surface area contributed by atoms with Crippen molar-refractivity contribution in [1.82, 2.24) is 10.2 Å². The van der Waals surface area contributed by atoms with Gasteiger partial charge in [0.1, 0.15) is 11.4 Å².